The topological polar surface area (TPSA) is 83.8 Å². The third-order valence-corrected chi connectivity index (χ3v) is 3.91. The van der Waals surface area contributed by atoms with Gasteiger partial charge in [0.15, 0.2) is 0 Å². The summed E-state index contributed by atoms with van der Waals surface area (Å²) in [5.41, 5.74) is 9.88. The van der Waals surface area contributed by atoms with Gasteiger partial charge < -0.3 is 16.0 Å². The Morgan fingerprint density at radius 1 is 1.35 bits per heavy atom. The van der Waals surface area contributed by atoms with Crippen LogP contribution in [-0.4, -0.2) is 15.9 Å². The molecule has 0 spiro atoms. The summed E-state index contributed by atoms with van der Waals surface area (Å²) >= 11 is 0. The summed E-state index contributed by atoms with van der Waals surface area (Å²) in [6.45, 7) is 6.22. The maximum Gasteiger partial charge on any atom is 0.234 e. The van der Waals surface area contributed by atoms with Gasteiger partial charge in [-0.2, -0.15) is 0 Å². The van der Waals surface area contributed by atoms with Crippen molar-refractivity contribution in [3.63, 3.8) is 0 Å². The molecule has 20 heavy (non-hydrogen) atoms. The molecule has 0 atom stereocenters. The van der Waals surface area contributed by atoms with Crippen molar-refractivity contribution in [1.82, 2.24) is 9.97 Å². The van der Waals surface area contributed by atoms with E-state index < -0.39 is 5.41 Å². The van der Waals surface area contributed by atoms with E-state index in [1.54, 1.807) is 0 Å². The molecular formula is C15H18N4O. The lowest BCUT2D eigenvalue weighted by atomic mass is 9.85. The van der Waals surface area contributed by atoms with Gasteiger partial charge >= 0.3 is 0 Å². The highest BCUT2D eigenvalue weighted by Crippen LogP contribution is 2.39. The minimum atomic E-state index is -0.508. The fourth-order valence-corrected chi connectivity index (χ4v) is 2.62. The van der Waals surface area contributed by atoms with Crippen LogP contribution in [0.3, 0.4) is 0 Å². The second-order valence-corrected chi connectivity index (χ2v) is 5.70. The molecule has 0 fully saturated rings. The summed E-state index contributed by atoms with van der Waals surface area (Å²) in [7, 11) is 0. The van der Waals surface area contributed by atoms with Crippen molar-refractivity contribution in [2.24, 2.45) is 5.73 Å². The van der Waals surface area contributed by atoms with Gasteiger partial charge in [-0.25, -0.2) is 4.98 Å². The number of amides is 1. The minimum absolute atomic E-state index is 0.0334. The lowest BCUT2D eigenvalue weighted by molar-refractivity contribution is -0.119. The largest absolute Gasteiger partial charge is 0.344 e. The summed E-state index contributed by atoms with van der Waals surface area (Å²) in [4.78, 5) is 19.6. The number of hydrogen-bond donors (Lipinski definition) is 3. The first kappa shape index (κ1) is 12.9. The van der Waals surface area contributed by atoms with Crippen LogP contribution in [0, 0.1) is 6.92 Å². The number of carbonyl (C=O) groups excluding carboxylic acids is 1. The van der Waals surface area contributed by atoms with Gasteiger partial charge in [0.05, 0.1) is 17.7 Å². The molecule has 0 aliphatic carbocycles. The number of carbonyl (C=O) groups is 1. The number of nitrogens with zero attached hydrogens (tertiary/aromatic N) is 1. The Morgan fingerprint density at radius 3 is 2.75 bits per heavy atom. The van der Waals surface area contributed by atoms with Crippen LogP contribution in [0.1, 0.15) is 30.9 Å². The van der Waals surface area contributed by atoms with Crippen molar-refractivity contribution in [3.05, 3.63) is 35.3 Å². The van der Waals surface area contributed by atoms with Gasteiger partial charge in [0, 0.05) is 16.9 Å². The maximum atomic E-state index is 12.0. The molecule has 104 valence electrons. The number of aromatic amines is 1. The van der Waals surface area contributed by atoms with Crippen molar-refractivity contribution < 1.29 is 4.79 Å². The summed E-state index contributed by atoms with van der Waals surface area (Å²) in [6, 6.07) is 5.95. The lowest BCUT2D eigenvalue weighted by Gasteiger charge is -2.15. The first-order chi connectivity index (χ1) is 9.43. The van der Waals surface area contributed by atoms with Crippen molar-refractivity contribution in [3.8, 4) is 11.3 Å². The second-order valence-electron chi connectivity index (χ2n) is 5.70. The molecule has 1 aliphatic rings. The van der Waals surface area contributed by atoms with E-state index in [2.05, 4.69) is 15.3 Å². The second kappa shape index (κ2) is 4.18. The van der Waals surface area contributed by atoms with Crippen LogP contribution in [0.25, 0.3) is 11.3 Å². The molecule has 1 aliphatic heterocycles. The zero-order valence-corrected chi connectivity index (χ0v) is 11.9. The Morgan fingerprint density at radius 2 is 2.10 bits per heavy atom. The number of fused-ring (bicyclic) bond motifs is 1. The Kier molecular flexibility index (Phi) is 2.69. The van der Waals surface area contributed by atoms with E-state index in [1.807, 2.05) is 39.0 Å². The standard InChI is InChI=1S/C15H18N4O/c1-8-13(19-12(7-16)17-8)9-4-5-11-10(6-9)15(2,3)14(20)18-11/h4-6H,7,16H2,1-3H3,(H,17,19)(H,18,20). The van der Waals surface area contributed by atoms with E-state index in [0.29, 0.717) is 6.54 Å². The molecule has 5 nitrogen and oxygen atoms in total. The fraction of sp³-hybridized carbons (Fsp3) is 0.333. The van der Waals surface area contributed by atoms with Crippen molar-refractivity contribution in [2.75, 3.05) is 5.32 Å². The molecule has 0 bridgehead atoms. The predicted molar refractivity (Wildman–Crippen MR) is 78.3 cm³/mol. The first-order valence-corrected chi connectivity index (χ1v) is 6.65. The third kappa shape index (κ3) is 1.74. The number of nitrogens with one attached hydrogen (secondary N) is 2. The first-order valence-electron chi connectivity index (χ1n) is 6.65. The maximum absolute atomic E-state index is 12.0. The zero-order chi connectivity index (χ0) is 14.5. The molecule has 0 saturated carbocycles. The highest BCUT2D eigenvalue weighted by atomic mass is 16.2. The van der Waals surface area contributed by atoms with Crippen molar-refractivity contribution >= 4 is 11.6 Å². The van der Waals surface area contributed by atoms with Crippen molar-refractivity contribution in [1.29, 1.82) is 0 Å². The number of rotatable bonds is 2. The van der Waals surface area contributed by atoms with Crippen LogP contribution in [0.5, 0.6) is 0 Å². The molecule has 5 heteroatoms. The molecule has 0 unspecified atom stereocenters. The van der Waals surface area contributed by atoms with Gasteiger partial charge in [0.2, 0.25) is 5.91 Å². The molecule has 0 radical (unpaired) electrons. The Hall–Kier alpha value is -2.14. The molecular weight excluding hydrogens is 252 g/mol. The van der Waals surface area contributed by atoms with E-state index in [0.717, 1.165) is 34.0 Å². The van der Waals surface area contributed by atoms with Crippen LogP contribution < -0.4 is 11.1 Å². The Labute approximate surface area is 117 Å². The summed E-state index contributed by atoms with van der Waals surface area (Å²) < 4.78 is 0. The molecule has 3 rings (SSSR count). The number of imidazole rings is 1. The van der Waals surface area contributed by atoms with E-state index in [9.17, 15) is 4.79 Å². The fourth-order valence-electron chi connectivity index (χ4n) is 2.62. The predicted octanol–water partition coefficient (Wildman–Crippen LogP) is 2.07. The number of benzene rings is 1. The third-order valence-electron chi connectivity index (χ3n) is 3.91. The van der Waals surface area contributed by atoms with Gasteiger partial charge in [-0.1, -0.05) is 6.07 Å². The average molecular weight is 270 g/mol. The number of hydrogen-bond acceptors (Lipinski definition) is 3. The van der Waals surface area contributed by atoms with Crippen LogP contribution in [-0.2, 0) is 16.8 Å². The van der Waals surface area contributed by atoms with E-state index in [1.165, 1.54) is 0 Å². The number of anilines is 1. The summed E-state index contributed by atoms with van der Waals surface area (Å²) in [6.07, 6.45) is 0. The number of H-pyrrole nitrogens is 1. The SMILES string of the molecule is Cc1[nH]c(CN)nc1-c1ccc2c(c1)C(C)(C)C(=O)N2. The van der Waals surface area contributed by atoms with Gasteiger partial charge in [0.1, 0.15) is 5.82 Å². The van der Waals surface area contributed by atoms with Crippen LogP contribution >= 0.6 is 0 Å². The van der Waals surface area contributed by atoms with Crippen LogP contribution in [0.4, 0.5) is 5.69 Å². The summed E-state index contributed by atoms with van der Waals surface area (Å²) in [5.74, 6) is 0.803. The van der Waals surface area contributed by atoms with E-state index in [4.69, 9.17) is 5.73 Å². The van der Waals surface area contributed by atoms with Gasteiger partial charge in [0.25, 0.3) is 0 Å². The van der Waals surface area contributed by atoms with Crippen LogP contribution in [0.15, 0.2) is 18.2 Å². The Bertz CT molecular complexity index is 700. The number of nitrogens with two attached hydrogens (primary N) is 1. The number of aryl methyl sites for hydroxylation is 1. The quantitative estimate of drug-likeness (QED) is 0.781. The molecule has 2 heterocycles. The molecule has 1 amide bonds. The molecule has 4 N–H and O–H groups in total. The Balaban J connectivity index is 2.12. The highest BCUT2D eigenvalue weighted by Gasteiger charge is 2.38. The smallest absolute Gasteiger partial charge is 0.234 e. The molecule has 1 aromatic heterocycles. The van der Waals surface area contributed by atoms with E-state index in [-0.39, 0.29) is 5.91 Å². The molecule has 2 aromatic rings. The zero-order valence-electron chi connectivity index (χ0n) is 11.9. The van der Waals surface area contributed by atoms with E-state index >= 15 is 0 Å². The highest BCUT2D eigenvalue weighted by molar-refractivity contribution is 6.06. The monoisotopic (exact) mass is 270 g/mol. The molecule has 1 aromatic carbocycles. The minimum Gasteiger partial charge on any atom is -0.344 e. The lowest BCUT2D eigenvalue weighted by Crippen LogP contribution is -2.26. The number of aromatic nitrogens is 2. The van der Waals surface area contributed by atoms with Gasteiger partial charge in [-0.3, -0.25) is 4.79 Å². The average Bonchev–Trinajstić information content (AvgIpc) is 2.89. The summed E-state index contributed by atoms with van der Waals surface area (Å²) in [5, 5.41) is 2.91. The van der Waals surface area contributed by atoms with Crippen LogP contribution in [0.2, 0.25) is 0 Å². The molecule has 0 saturated heterocycles. The van der Waals surface area contributed by atoms with Crippen molar-refractivity contribution in [2.45, 2.75) is 32.7 Å². The normalized spacial score (nSPS) is 16.1. The van der Waals surface area contributed by atoms with Gasteiger partial charge in [-0.05, 0) is 38.5 Å². The van der Waals surface area contributed by atoms with Gasteiger partial charge in [-0.15, -0.1) is 0 Å².